The lowest BCUT2D eigenvalue weighted by Gasteiger charge is -2.29. The average Bonchev–Trinajstić information content (AvgIpc) is 3.43. The van der Waals surface area contributed by atoms with Gasteiger partial charge in [0.2, 0.25) is 0 Å². The van der Waals surface area contributed by atoms with Crippen molar-refractivity contribution in [2.75, 3.05) is 20.2 Å². The molecule has 2 aliphatic rings. The van der Waals surface area contributed by atoms with Crippen LogP contribution in [0, 0.1) is 0 Å². The molecular weight excluding hydrogens is 362 g/mol. The van der Waals surface area contributed by atoms with Gasteiger partial charge < -0.3 is 14.6 Å². The largest absolute Gasteiger partial charge is 0.496 e. The van der Waals surface area contributed by atoms with E-state index in [0.717, 1.165) is 62.1 Å². The number of para-hydroxylation sites is 1. The summed E-state index contributed by atoms with van der Waals surface area (Å²) < 4.78 is 7.93. The second-order valence-corrected chi connectivity index (χ2v) is 7.84. The lowest BCUT2D eigenvalue weighted by molar-refractivity contribution is 0.206. The van der Waals surface area contributed by atoms with E-state index in [1.807, 2.05) is 12.1 Å². The number of fused-ring (bicyclic) bond motifs is 1. The summed E-state index contributed by atoms with van der Waals surface area (Å²) in [6, 6.07) is 17.2. The van der Waals surface area contributed by atoms with Gasteiger partial charge >= 0.3 is 0 Å². The first-order chi connectivity index (χ1) is 14.3. The quantitative estimate of drug-likeness (QED) is 0.725. The Balaban J connectivity index is 1.37. The topological polar surface area (TPSA) is 55.2 Å². The number of benzene rings is 2. The van der Waals surface area contributed by atoms with Crippen molar-refractivity contribution >= 4 is 0 Å². The first kappa shape index (κ1) is 18.3. The van der Waals surface area contributed by atoms with Crippen LogP contribution in [-0.2, 0) is 19.6 Å². The molecule has 150 valence electrons. The number of methoxy groups -OCH3 is 1. The van der Waals surface area contributed by atoms with Crippen molar-refractivity contribution in [2.24, 2.45) is 0 Å². The van der Waals surface area contributed by atoms with Gasteiger partial charge in [-0.3, -0.25) is 4.90 Å². The molecule has 6 nitrogen and oxygen atoms in total. The third kappa shape index (κ3) is 3.54. The molecule has 1 fully saturated rings. The summed E-state index contributed by atoms with van der Waals surface area (Å²) in [7, 11) is 1.73. The molecule has 2 aromatic carbocycles. The van der Waals surface area contributed by atoms with E-state index in [-0.39, 0.29) is 0 Å². The van der Waals surface area contributed by atoms with Gasteiger partial charge in [0.25, 0.3) is 0 Å². The Kier molecular flexibility index (Phi) is 5.04. The molecule has 6 heteroatoms. The average molecular weight is 390 g/mol. The van der Waals surface area contributed by atoms with Crippen molar-refractivity contribution in [3.8, 4) is 16.9 Å². The molecule has 3 aromatic rings. The second-order valence-electron chi connectivity index (χ2n) is 7.84. The smallest absolute Gasteiger partial charge is 0.150 e. The fraction of sp³-hybridized carbons (Fsp3) is 0.391. The Morgan fingerprint density at radius 3 is 2.69 bits per heavy atom. The van der Waals surface area contributed by atoms with Crippen molar-refractivity contribution in [2.45, 2.75) is 38.5 Å². The minimum absolute atomic E-state index is 0.370. The van der Waals surface area contributed by atoms with Crippen LogP contribution >= 0.6 is 0 Å². The lowest BCUT2D eigenvalue weighted by Crippen LogP contribution is -2.34. The minimum atomic E-state index is 0.370. The minimum Gasteiger partial charge on any atom is -0.496 e. The monoisotopic (exact) mass is 389 g/mol. The van der Waals surface area contributed by atoms with Crippen LogP contribution in [0.1, 0.15) is 36.1 Å². The summed E-state index contributed by atoms with van der Waals surface area (Å²) in [6.07, 6.45) is 2.38. The van der Waals surface area contributed by atoms with E-state index in [9.17, 15) is 0 Å². The van der Waals surface area contributed by atoms with Crippen LogP contribution in [0.15, 0.2) is 48.5 Å². The molecule has 0 spiro atoms. The number of hydrogen-bond donors (Lipinski definition) is 1. The molecule has 0 amide bonds. The third-order valence-electron chi connectivity index (χ3n) is 6.04. The zero-order chi connectivity index (χ0) is 19.6. The molecule has 2 aliphatic heterocycles. The molecule has 1 saturated heterocycles. The fourth-order valence-electron chi connectivity index (χ4n) is 4.56. The predicted molar refractivity (Wildman–Crippen MR) is 113 cm³/mol. The number of rotatable bonds is 5. The fourth-order valence-corrected chi connectivity index (χ4v) is 4.56. The van der Waals surface area contributed by atoms with Crippen molar-refractivity contribution in [1.29, 1.82) is 0 Å². The Morgan fingerprint density at radius 1 is 1.03 bits per heavy atom. The SMILES string of the molecule is COc1ccccc1-c1ccccc1CN1CCn2c(nnc2C2CCCN2)C1. The zero-order valence-corrected chi connectivity index (χ0v) is 16.8. The van der Waals surface area contributed by atoms with Gasteiger partial charge in [0.15, 0.2) is 0 Å². The second kappa shape index (κ2) is 7.97. The maximum absolute atomic E-state index is 5.60. The van der Waals surface area contributed by atoms with Gasteiger partial charge in [-0.05, 0) is 36.6 Å². The number of ether oxygens (including phenoxy) is 1. The van der Waals surface area contributed by atoms with Gasteiger partial charge in [-0.1, -0.05) is 42.5 Å². The molecule has 0 saturated carbocycles. The molecule has 29 heavy (non-hydrogen) atoms. The van der Waals surface area contributed by atoms with E-state index in [1.165, 1.54) is 17.5 Å². The molecule has 1 aromatic heterocycles. The van der Waals surface area contributed by atoms with E-state index < -0.39 is 0 Å². The van der Waals surface area contributed by atoms with E-state index >= 15 is 0 Å². The Bertz CT molecular complexity index is 992. The van der Waals surface area contributed by atoms with Crippen LogP contribution in [0.2, 0.25) is 0 Å². The maximum Gasteiger partial charge on any atom is 0.150 e. The van der Waals surface area contributed by atoms with Crippen LogP contribution in [0.25, 0.3) is 11.1 Å². The van der Waals surface area contributed by atoms with E-state index in [0.29, 0.717) is 6.04 Å². The summed E-state index contributed by atoms with van der Waals surface area (Å²) in [4.78, 5) is 2.46. The normalized spacial score (nSPS) is 19.3. The third-order valence-corrected chi connectivity index (χ3v) is 6.04. The first-order valence-electron chi connectivity index (χ1n) is 10.4. The number of aromatic nitrogens is 3. The Morgan fingerprint density at radius 2 is 1.86 bits per heavy atom. The highest BCUT2D eigenvalue weighted by molar-refractivity contribution is 5.73. The standard InChI is InChI=1S/C23H27N5O/c1-29-21-11-5-4-9-19(21)18-8-3-2-7-17(18)15-27-13-14-28-22(16-27)25-26-23(28)20-10-6-12-24-20/h2-5,7-9,11,20,24H,6,10,12-16H2,1H3. The van der Waals surface area contributed by atoms with Crippen LogP contribution < -0.4 is 10.1 Å². The van der Waals surface area contributed by atoms with Crippen molar-refractivity contribution in [1.82, 2.24) is 25.0 Å². The molecular formula is C23H27N5O. The summed E-state index contributed by atoms with van der Waals surface area (Å²) in [5, 5.41) is 12.6. The molecule has 5 rings (SSSR count). The van der Waals surface area contributed by atoms with Gasteiger partial charge in [0.1, 0.15) is 17.4 Å². The summed E-state index contributed by atoms with van der Waals surface area (Å²) in [6.45, 7) is 4.76. The molecule has 0 radical (unpaired) electrons. The maximum atomic E-state index is 5.60. The predicted octanol–water partition coefficient (Wildman–Crippen LogP) is 3.39. The van der Waals surface area contributed by atoms with Gasteiger partial charge in [0.05, 0.1) is 19.7 Å². The van der Waals surface area contributed by atoms with Crippen LogP contribution in [0.5, 0.6) is 5.75 Å². The van der Waals surface area contributed by atoms with Crippen molar-refractivity contribution < 1.29 is 4.74 Å². The summed E-state index contributed by atoms with van der Waals surface area (Å²) in [5.41, 5.74) is 3.68. The first-order valence-corrected chi connectivity index (χ1v) is 10.4. The molecule has 3 heterocycles. The summed E-state index contributed by atoms with van der Waals surface area (Å²) in [5.74, 6) is 3.10. The van der Waals surface area contributed by atoms with Crippen LogP contribution in [0.3, 0.4) is 0 Å². The highest BCUT2D eigenvalue weighted by atomic mass is 16.5. The highest BCUT2D eigenvalue weighted by Crippen LogP contribution is 2.33. The van der Waals surface area contributed by atoms with E-state index in [1.54, 1.807) is 7.11 Å². The highest BCUT2D eigenvalue weighted by Gasteiger charge is 2.27. The molecule has 0 aliphatic carbocycles. The van der Waals surface area contributed by atoms with Crippen LogP contribution in [0.4, 0.5) is 0 Å². The lowest BCUT2D eigenvalue weighted by atomic mass is 9.98. The molecule has 1 atom stereocenters. The molecule has 0 bridgehead atoms. The number of nitrogens with zero attached hydrogens (tertiary/aromatic N) is 4. The van der Waals surface area contributed by atoms with Gasteiger partial charge in [-0.15, -0.1) is 10.2 Å². The summed E-state index contributed by atoms with van der Waals surface area (Å²) >= 11 is 0. The van der Waals surface area contributed by atoms with Crippen molar-refractivity contribution in [3.05, 3.63) is 65.7 Å². The zero-order valence-electron chi connectivity index (χ0n) is 16.8. The van der Waals surface area contributed by atoms with Crippen molar-refractivity contribution in [3.63, 3.8) is 0 Å². The van der Waals surface area contributed by atoms with Gasteiger partial charge in [-0.2, -0.15) is 0 Å². The Labute approximate surface area is 171 Å². The van der Waals surface area contributed by atoms with E-state index in [4.69, 9.17) is 4.74 Å². The van der Waals surface area contributed by atoms with Crippen LogP contribution in [-0.4, -0.2) is 39.9 Å². The Hall–Kier alpha value is -2.70. The number of nitrogens with one attached hydrogen (secondary N) is 1. The van der Waals surface area contributed by atoms with Gasteiger partial charge in [-0.25, -0.2) is 0 Å². The number of hydrogen-bond acceptors (Lipinski definition) is 5. The van der Waals surface area contributed by atoms with Gasteiger partial charge in [0, 0.05) is 25.2 Å². The van der Waals surface area contributed by atoms with E-state index in [2.05, 4.69) is 61.4 Å². The molecule has 1 unspecified atom stereocenters. The molecule has 1 N–H and O–H groups in total.